The maximum atomic E-state index is 10.6. The molecule has 2 N–H and O–H groups in total. The van der Waals surface area contributed by atoms with Crippen molar-refractivity contribution in [2.24, 2.45) is 0 Å². The minimum absolute atomic E-state index is 0.213. The van der Waals surface area contributed by atoms with Crippen LogP contribution in [0, 0.1) is 0 Å². The number of carboxylic acid groups (broad SMARTS) is 1. The number of carbonyl (C=O) groups is 1. The van der Waals surface area contributed by atoms with E-state index in [4.69, 9.17) is 5.11 Å². The Morgan fingerprint density at radius 1 is 1.50 bits per heavy atom. The molecule has 3 heteroatoms. The van der Waals surface area contributed by atoms with Gasteiger partial charge in [-0.25, -0.2) is 0 Å². The highest BCUT2D eigenvalue weighted by Gasteiger charge is 2.33. The van der Waals surface area contributed by atoms with Crippen LogP contribution in [-0.4, -0.2) is 16.2 Å². The molecule has 0 spiro atoms. The summed E-state index contributed by atoms with van der Waals surface area (Å²) in [5, 5.41) is 17.9. The van der Waals surface area contributed by atoms with Crippen LogP contribution in [-0.2, 0) is 11.2 Å². The normalized spacial score (nSPS) is 19.5. The lowest BCUT2D eigenvalue weighted by Gasteiger charge is -2.26. The van der Waals surface area contributed by atoms with E-state index in [0.717, 1.165) is 11.1 Å². The van der Waals surface area contributed by atoms with Crippen molar-refractivity contribution in [3.63, 3.8) is 0 Å². The molecule has 62 valence electrons. The molecule has 0 amide bonds. The van der Waals surface area contributed by atoms with Gasteiger partial charge in [-0.2, -0.15) is 0 Å². The third-order valence-electron chi connectivity index (χ3n) is 2.27. The summed E-state index contributed by atoms with van der Waals surface area (Å²) in [5.74, 6) is -1.01. The molecule has 1 aromatic rings. The summed E-state index contributed by atoms with van der Waals surface area (Å²) < 4.78 is 0. The van der Waals surface area contributed by atoms with Crippen molar-refractivity contribution in [1.29, 1.82) is 0 Å². The van der Waals surface area contributed by atoms with Gasteiger partial charge in [-0.05, 0) is 23.6 Å². The number of fused-ring (bicyclic) bond motifs is 1. The summed E-state index contributed by atoms with van der Waals surface area (Å²) >= 11 is 0. The number of phenolic OH excluding ortho intramolecular Hbond substituents is 1. The average molecular weight is 164 g/mol. The van der Waals surface area contributed by atoms with Gasteiger partial charge in [-0.1, -0.05) is 12.1 Å². The van der Waals surface area contributed by atoms with E-state index in [0.29, 0.717) is 6.42 Å². The second-order valence-electron chi connectivity index (χ2n) is 2.94. The van der Waals surface area contributed by atoms with Crippen LogP contribution >= 0.6 is 0 Å². The van der Waals surface area contributed by atoms with Gasteiger partial charge in [0.05, 0.1) is 5.92 Å². The molecule has 0 radical (unpaired) electrons. The van der Waals surface area contributed by atoms with Gasteiger partial charge < -0.3 is 10.2 Å². The zero-order valence-corrected chi connectivity index (χ0v) is 6.32. The molecule has 0 bridgehead atoms. The molecule has 1 unspecified atom stereocenters. The predicted octanol–water partition coefficient (Wildman–Crippen LogP) is 1.12. The molecule has 0 aliphatic heterocycles. The van der Waals surface area contributed by atoms with Crippen LogP contribution in [0.25, 0.3) is 0 Å². The van der Waals surface area contributed by atoms with Crippen molar-refractivity contribution in [3.8, 4) is 5.75 Å². The number of hydrogen-bond donors (Lipinski definition) is 2. The SMILES string of the molecule is O=C(O)C1Cc2c(O)cccc21. The molecule has 1 aliphatic carbocycles. The number of aromatic hydroxyl groups is 1. The van der Waals surface area contributed by atoms with Crippen molar-refractivity contribution in [2.45, 2.75) is 12.3 Å². The van der Waals surface area contributed by atoms with E-state index in [-0.39, 0.29) is 5.75 Å². The van der Waals surface area contributed by atoms with Gasteiger partial charge >= 0.3 is 5.97 Å². The van der Waals surface area contributed by atoms with E-state index in [1.807, 2.05) is 0 Å². The van der Waals surface area contributed by atoms with E-state index in [2.05, 4.69) is 0 Å². The first-order valence-electron chi connectivity index (χ1n) is 3.73. The summed E-state index contributed by atoms with van der Waals surface area (Å²) in [6.07, 6.45) is 0.456. The van der Waals surface area contributed by atoms with Crippen LogP contribution in [0.2, 0.25) is 0 Å². The van der Waals surface area contributed by atoms with Crippen LogP contribution in [0.3, 0.4) is 0 Å². The van der Waals surface area contributed by atoms with Crippen molar-refractivity contribution < 1.29 is 15.0 Å². The Hall–Kier alpha value is -1.51. The number of hydrogen-bond acceptors (Lipinski definition) is 2. The lowest BCUT2D eigenvalue weighted by atomic mass is 9.77. The van der Waals surface area contributed by atoms with Gasteiger partial charge in [-0.15, -0.1) is 0 Å². The first-order chi connectivity index (χ1) is 5.70. The van der Waals surface area contributed by atoms with Gasteiger partial charge in [-0.3, -0.25) is 4.79 Å². The van der Waals surface area contributed by atoms with Gasteiger partial charge in [0, 0.05) is 0 Å². The molecule has 0 aromatic heterocycles. The van der Waals surface area contributed by atoms with Gasteiger partial charge in [0.15, 0.2) is 0 Å². The number of benzene rings is 1. The first kappa shape index (κ1) is 7.16. The smallest absolute Gasteiger partial charge is 0.311 e. The number of aliphatic carboxylic acids is 1. The van der Waals surface area contributed by atoms with E-state index in [9.17, 15) is 9.90 Å². The molecule has 1 aliphatic rings. The third-order valence-corrected chi connectivity index (χ3v) is 2.27. The molecule has 0 fully saturated rings. The third kappa shape index (κ3) is 0.794. The molecule has 0 saturated carbocycles. The first-order valence-corrected chi connectivity index (χ1v) is 3.73. The standard InChI is InChI=1S/C9H8O3/c10-8-3-1-2-5-6(8)4-7(5)9(11)12/h1-3,7,10H,4H2,(H,11,12). The Morgan fingerprint density at radius 2 is 2.25 bits per heavy atom. The van der Waals surface area contributed by atoms with E-state index >= 15 is 0 Å². The van der Waals surface area contributed by atoms with E-state index < -0.39 is 11.9 Å². The maximum absolute atomic E-state index is 10.6. The predicted molar refractivity (Wildman–Crippen MR) is 42.2 cm³/mol. The number of carboxylic acids is 1. The van der Waals surface area contributed by atoms with Crippen molar-refractivity contribution >= 4 is 5.97 Å². The number of rotatable bonds is 1. The molecular formula is C9H8O3. The molecule has 3 nitrogen and oxygen atoms in total. The van der Waals surface area contributed by atoms with Gasteiger partial charge in [0.25, 0.3) is 0 Å². The molecule has 12 heavy (non-hydrogen) atoms. The minimum Gasteiger partial charge on any atom is -0.508 e. The van der Waals surface area contributed by atoms with Crippen LogP contribution in [0.4, 0.5) is 0 Å². The Bertz CT molecular complexity index is 344. The Balaban J connectivity index is 2.42. The summed E-state index contributed by atoms with van der Waals surface area (Å²) in [4.78, 5) is 10.6. The number of phenols is 1. The van der Waals surface area contributed by atoms with Crippen LogP contribution < -0.4 is 0 Å². The lowest BCUT2D eigenvalue weighted by Crippen LogP contribution is -2.24. The fourth-order valence-corrected chi connectivity index (χ4v) is 1.54. The van der Waals surface area contributed by atoms with Gasteiger partial charge in [0.2, 0.25) is 0 Å². The highest BCUT2D eigenvalue weighted by atomic mass is 16.4. The fourth-order valence-electron chi connectivity index (χ4n) is 1.54. The van der Waals surface area contributed by atoms with Crippen molar-refractivity contribution in [2.75, 3.05) is 0 Å². The summed E-state index contributed by atoms with van der Waals surface area (Å²) in [7, 11) is 0. The van der Waals surface area contributed by atoms with Gasteiger partial charge in [0.1, 0.15) is 5.75 Å². The highest BCUT2D eigenvalue weighted by molar-refractivity contribution is 5.81. The Kier molecular flexibility index (Phi) is 1.33. The van der Waals surface area contributed by atoms with Crippen LogP contribution in [0.5, 0.6) is 5.75 Å². The second kappa shape index (κ2) is 2.24. The Morgan fingerprint density at radius 3 is 2.92 bits per heavy atom. The topological polar surface area (TPSA) is 57.5 Å². The Labute approximate surface area is 69.3 Å². The van der Waals surface area contributed by atoms with E-state index in [1.165, 1.54) is 0 Å². The highest BCUT2D eigenvalue weighted by Crippen LogP contribution is 2.40. The average Bonchev–Trinajstić information content (AvgIpc) is 1.92. The zero-order chi connectivity index (χ0) is 8.72. The fraction of sp³-hybridized carbons (Fsp3) is 0.222. The minimum atomic E-state index is -0.812. The van der Waals surface area contributed by atoms with Crippen molar-refractivity contribution in [3.05, 3.63) is 29.3 Å². The maximum Gasteiger partial charge on any atom is 0.311 e. The summed E-state index contributed by atoms with van der Waals surface area (Å²) in [6, 6.07) is 5.00. The second-order valence-corrected chi connectivity index (χ2v) is 2.94. The molecule has 1 aromatic carbocycles. The monoisotopic (exact) mass is 164 g/mol. The summed E-state index contributed by atoms with van der Waals surface area (Å²) in [6.45, 7) is 0. The molecule has 0 saturated heterocycles. The molecule has 0 heterocycles. The van der Waals surface area contributed by atoms with Crippen LogP contribution in [0.1, 0.15) is 17.0 Å². The van der Waals surface area contributed by atoms with Crippen molar-refractivity contribution in [1.82, 2.24) is 0 Å². The summed E-state index contributed by atoms with van der Waals surface area (Å²) in [5.41, 5.74) is 1.53. The van der Waals surface area contributed by atoms with E-state index in [1.54, 1.807) is 18.2 Å². The largest absolute Gasteiger partial charge is 0.508 e. The van der Waals surface area contributed by atoms with Crippen LogP contribution in [0.15, 0.2) is 18.2 Å². The lowest BCUT2D eigenvalue weighted by molar-refractivity contribution is -0.139. The quantitative estimate of drug-likeness (QED) is 0.653. The molecular weight excluding hydrogens is 156 g/mol. The molecule has 1 atom stereocenters. The molecule has 2 rings (SSSR count). The zero-order valence-electron chi connectivity index (χ0n) is 6.32.